The van der Waals surface area contributed by atoms with Gasteiger partial charge in [0.1, 0.15) is 5.76 Å². The molecule has 0 saturated carbocycles. The van der Waals surface area contributed by atoms with Gasteiger partial charge in [0.2, 0.25) is 11.0 Å². The molecule has 0 aliphatic rings. The van der Waals surface area contributed by atoms with Crippen LogP contribution < -0.4 is 10.6 Å². The van der Waals surface area contributed by atoms with Crippen molar-refractivity contribution in [3.05, 3.63) is 24.5 Å². The van der Waals surface area contributed by atoms with E-state index in [0.717, 1.165) is 4.34 Å². The van der Waals surface area contributed by atoms with Gasteiger partial charge in [0, 0.05) is 12.6 Å². The monoisotopic (exact) mass is 311 g/mol. The summed E-state index contributed by atoms with van der Waals surface area (Å²) in [7, 11) is 0. The summed E-state index contributed by atoms with van der Waals surface area (Å²) < 4.78 is 5.59. The van der Waals surface area contributed by atoms with Crippen LogP contribution in [0.1, 0.15) is 5.76 Å². The topological polar surface area (TPSA) is 92.9 Å². The zero-order valence-corrected chi connectivity index (χ0v) is 12.4. The van der Waals surface area contributed by atoms with Gasteiger partial charge in [0.25, 0.3) is 0 Å². The highest BCUT2D eigenvalue weighted by molar-refractivity contribution is 8.01. The lowest BCUT2D eigenvalue weighted by Gasteiger charge is -1.98. The fourth-order valence-corrected chi connectivity index (χ4v) is 2.79. The average molecular weight is 311 g/mol. The molecule has 7 nitrogen and oxygen atoms in total. The Balaban J connectivity index is 1.78. The second kappa shape index (κ2) is 7.06. The van der Waals surface area contributed by atoms with Crippen molar-refractivity contribution in [2.75, 3.05) is 22.9 Å². The minimum Gasteiger partial charge on any atom is -0.360 e. The molecule has 0 fully saturated rings. The first-order chi connectivity index (χ1) is 9.67. The van der Waals surface area contributed by atoms with Gasteiger partial charge in [-0.2, -0.15) is 0 Å². The number of hydrogen-bond acceptors (Lipinski definition) is 8. The van der Waals surface area contributed by atoms with Crippen molar-refractivity contribution in [3.63, 3.8) is 0 Å². The highest BCUT2D eigenvalue weighted by Gasteiger charge is 2.09. The van der Waals surface area contributed by atoms with E-state index in [2.05, 4.69) is 32.6 Å². The van der Waals surface area contributed by atoms with Gasteiger partial charge in [-0.1, -0.05) is 34.3 Å². The van der Waals surface area contributed by atoms with Gasteiger partial charge in [-0.15, -0.1) is 16.8 Å². The van der Waals surface area contributed by atoms with E-state index >= 15 is 0 Å². The van der Waals surface area contributed by atoms with Crippen LogP contribution in [0.3, 0.4) is 0 Å². The number of aromatic nitrogens is 3. The van der Waals surface area contributed by atoms with E-state index in [1.165, 1.54) is 23.1 Å². The minimum atomic E-state index is -0.167. The van der Waals surface area contributed by atoms with E-state index in [9.17, 15) is 4.79 Å². The lowest BCUT2D eigenvalue weighted by molar-refractivity contribution is -0.113. The van der Waals surface area contributed by atoms with Crippen molar-refractivity contribution in [1.29, 1.82) is 0 Å². The van der Waals surface area contributed by atoms with E-state index in [1.807, 2.05) is 0 Å². The van der Waals surface area contributed by atoms with Gasteiger partial charge < -0.3 is 15.2 Å². The van der Waals surface area contributed by atoms with Crippen molar-refractivity contribution in [2.24, 2.45) is 0 Å². The molecule has 2 heterocycles. The van der Waals surface area contributed by atoms with Crippen LogP contribution in [-0.2, 0) is 4.79 Å². The zero-order chi connectivity index (χ0) is 14.4. The molecule has 106 valence electrons. The fraction of sp³-hybridized carbons (Fsp3) is 0.273. The standard InChI is InChI=1S/C11H13N5O2S2/c1-3-4-12-10-14-15-11(20-10)19-6-9(17)13-8-5-7(2)18-16-8/h3,5H,1,4,6H2,2H3,(H,12,14)(H,13,16,17). The summed E-state index contributed by atoms with van der Waals surface area (Å²) >= 11 is 2.71. The van der Waals surface area contributed by atoms with Gasteiger partial charge >= 0.3 is 0 Å². The Morgan fingerprint density at radius 3 is 3.15 bits per heavy atom. The molecule has 0 aromatic carbocycles. The van der Waals surface area contributed by atoms with E-state index in [-0.39, 0.29) is 11.7 Å². The third kappa shape index (κ3) is 4.35. The van der Waals surface area contributed by atoms with Gasteiger partial charge in [-0.25, -0.2) is 0 Å². The molecule has 0 spiro atoms. The number of nitrogens with one attached hydrogen (secondary N) is 2. The molecule has 2 aromatic rings. The molecular formula is C11H13N5O2S2. The summed E-state index contributed by atoms with van der Waals surface area (Å²) in [6.07, 6.45) is 1.74. The minimum absolute atomic E-state index is 0.167. The largest absolute Gasteiger partial charge is 0.360 e. The zero-order valence-electron chi connectivity index (χ0n) is 10.8. The van der Waals surface area contributed by atoms with Crippen LogP contribution in [-0.4, -0.2) is 33.6 Å². The smallest absolute Gasteiger partial charge is 0.236 e. The summed E-state index contributed by atoms with van der Waals surface area (Å²) in [5, 5.41) is 18.0. The molecule has 20 heavy (non-hydrogen) atoms. The SMILES string of the molecule is C=CCNc1nnc(SCC(=O)Nc2cc(C)on2)s1. The van der Waals surface area contributed by atoms with Crippen LogP contribution in [0.15, 0.2) is 27.6 Å². The van der Waals surface area contributed by atoms with Crippen LogP contribution in [0.4, 0.5) is 10.9 Å². The van der Waals surface area contributed by atoms with E-state index < -0.39 is 0 Å². The average Bonchev–Trinajstić information content (AvgIpc) is 3.03. The first kappa shape index (κ1) is 14.5. The van der Waals surface area contributed by atoms with E-state index in [1.54, 1.807) is 19.1 Å². The second-order valence-electron chi connectivity index (χ2n) is 3.70. The molecule has 9 heteroatoms. The number of hydrogen-bond donors (Lipinski definition) is 2. The molecule has 0 saturated heterocycles. The molecule has 2 N–H and O–H groups in total. The number of anilines is 2. The Hall–Kier alpha value is -1.87. The Labute approximate surface area is 123 Å². The number of carbonyl (C=O) groups excluding carboxylic acids is 1. The molecule has 2 rings (SSSR count). The van der Waals surface area contributed by atoms with Gasteiger partial charge in [0.15, 0.2) is 10.2 Å². The molecule has 2 aromatic heterocycles. The third-order valence-electron chi connectivity index (χ3n) is 2.03. The van der Waals surface area contributed by atoms with Gasteiger partial charge in [0.05, 0.1) is 5.75 Å². The molecule has 0 aliphatic carbocycles. The molecule has 0 radical (unpaired) electrons. The lowest BCUT2D eigenvalue weighted by atomic mass is 10.5. The second-order valence-corrected chi connectivity index (χ2v) is 5.90. The number of amides is 1. The molecule has 1 amide bonds. The van der Waals surface area contributed by atoms with Crippen LogP contribution in [0.2, 0.25) is 0 Å². The number of nitrogens with zero attached hydrogens (tertiary/aromatic N) is 3. The maximum atomic E-state index is 11.7. The Morgan fingerprint density at radius 1 is 1.60 bits per heavy atom. The fourth-order valence-electron chi connectivity index (χ4n) is 1.23. The summed E-state index contributed by atoms with van der Waals surface area (Å²) in [6, 6.07) is 1.66. The Bertz CT molecular complexity index is 595. The van der Waals surface area contributed by atoms with Crippen LogP contribution >= 0.6 is 23.1 Å². The summed E-state index contributed by atoms with van der Waals surface area (Å²) in [6.45, 7) is 6.00. The maximum absolute atomic E-state index is 11.7. The predicted molar refractivity (Wildman–Crippen MR) is 79.2 cm³/mol. The van der Waals surface area contributed by atoms with E-state index in [4.69, 9.17) is 4.52 Å². The Morgan fingerprint density at radius 2 is 2.45 bits per heavy atom. The molecular weight excluding hydrogens is 298 g/mol. The predicted octanol–water partition coefficient (Wildman–Crippen LogP) is 2.16. The lowest BCUT2D eigenvalue weighted by Crippen LogP contribution is -2.14. The van der Waals surface area contributed by atoms with Crippen molar-refractivity contribution in [3.8, 4) is 0 Å². The number of aryl methyl sites for hydroxylation is 1. The van der Waals surface area contributed by atoms with E-state index in [0.29, 0.717) is 23.3 Å². The summed E-state index contributed by atoms with van der Waals surface area (Å²) in [5.41, 5.74) is 0. The van der Waals surface area contributed by atoms with Gasteiger partial charge in [-0.05, 0) is 6.92 Å². The quantitative estimate of drug-likeness (QED) is 0.598. The highest BCUT2D eigenvalue weighted by atomic mass is 32.2. The maximum Gasteiger partial charge on any atom is 0.236 e. The van der Waals surface area contributed by atoms with Crippen molar-refractivity contribution >= 4 is 40.0 Å². The first-order valence-corrected chi connectivity index (χ1v) is 7.52. The molecule has 0 atom stereocenters. The first-order valence-electron chi connectivity index (χ1n) is 5.71. The highest BCUT2D eigenvalue weighted by Crippen LogP contribution is 2.25. The van der Waals surface area contributed by atoms with Crippen LogP contribution in [0, 0.1) is 6.92 Å². The van der Waals surface area contributed by atoms with Crippen molar-refractivity contribution < 1.29 is 9.32 Å². The normalized spacial score (nSPS) is 10.2. The van der Waals surface area contributed by atoms with Crippen molar-refractivity contribution in [1.82, 2.24) is 15.4 Å². The van der Waals surface area contributed by atoms with Crippen LogP contribution in [0.5, 0.6) is 0 Å². The molecule has 0 unspecified atom stereocenters. The third-order valence-corrected chi connectivity index (χ3v) is 4.04. The van der Waals surface area contributed by atoms with Crippen molar-refractivity contribution in [2.45, 2.75) is 11.3 Å². The molecule has 0 aliphatic heterocycles. The van der Waals surface area contributed by atoms with Gasteiger partial charge in [-0.3, -0.25) is 4.79 Å². The van der Waals surface area contributed by atoms with Crippen LogP contribution in [0.25, 0.3) is 0 Å². The summed E-state index contributed by atoms with van der Waals surface area (Å²) in [5.74, 6) is 1.13. The number of thioether (sulfide) groups is 1. The molecule has 0 bridgehead atoms. The Kier molecular flexibility index (Phi) is 5.13. The summed E-state index contributed by atoms with van der Waals surface area (Å²) in [4.78, 5) is 11.7. The number of carbonyl (C=O) groups is 1. The number of rotatable bonds is 7.